The maximum Gasteiger partial charge on any atom is 0.231 e. The van der Waals surface area contributed by atoms with Crippen LogP contribution in [-0.2, 0) is 11.2 Å². The fourth-order valence-corrected chi connectivity index (χ4v) is 2.06. The zero-order valence-electron chi connectivity index (χ0n) is 10.8. The number of hydrogen-bond donors (Lipinski definition) is 2. The molecular weight excluding hydrogens is 240 g/mol. The normalized spacial score (nSPS) is 14.4. The van der Waals surface area contributed by atoms with Crippen molar-refractivity contribution in [3.63, 3.8) is 0 Å². The van der Waals surface area contributed by atoms with Gasteiger partial charge in [0, 0.05) is 18.8 Å². The van der Waals surface area contributed by atoms with Crippen LogP contribution in [0.15, 0.2) is 41.9 Å². The summed E-state index contributed by atoms with van der Waals surface area (Å²) in [5, 5.41) is 2.89. The predicted molar refractivity (Wildman–Crippen MR) is 77.2 cm³/mol. The first kappa shape index (κ1) is 13.1. The van der Waals surface area contributed by atoms with Gasteiger partial charge in [-0.1, -0.05) is 24.3 Å². The topological polar surface area (TPSA) is 70.7 Å². The number of para-hydroxylation sites is 1. The molecule has 0 saturated carbocycles. The SMILES string of the molecule is C=CCNC(N)=NCCN1C(=O)Cc2ccccc21. The lowest BCUT2D eigenvalue weighted by Crippen LogP contribution is -2.34. The van der Waals surface area contributed by atoms with Crippen LogP contribution in [0.3, 0.4) is 0 Å². The van der Waals surface area contributed by atoms with E-state index in [4.69, 9.17) is 5.73 Å². The van der Waals surface area contributed by atoms with Crippen molar-refractivity contribution in [3.05, 3.63) is 42.5 Å². The Balaban J connectivity index is 1.93. The highest BCUT2D eigenvalue weighted by Crippen LogP contribution is 2.27. The molecule has 0 atom stereocenters. The molecule has 0 aliphatic carbocycles. The second-order valence-electron chi connectivity index (χ2n) is 4.29. The second-order valence-corrected chi connectivity index (χ2v) is 4.29. The minimum absolute atomic E-state index is 0.119. The van der Waals surface area contributed by atoms with E-state index in [-0.39, 0.29) is 5.91 Å². The zero-order valence-corrected chi connectivity index (χ0v) is 10.8. The summed E-state index contributed by atoms with van der Waals surface area (Å²) in [6.07, 6.45) is 2.19. The molecule has 0 radical (unpaired) electrons. The zero-order chi connectivity index (χ0) is 13.7. The molecule has 3 N–H and O–H groups in total. The van der Waals surface area contributed by atoms with Gasteiger partial charge in [0.1, 0.15) is 0 Å². The highest BCUT2D eigenvalue weighted by atomic mass is 16.2. The summed E-state index contributed by atoms with van der Waals surface area (Å²) in [5.74, 6) is 0.494. The van der Waals surface area contributed by atoms with Gasteiger partial charge in [0.2, 0.25) is 5.91 Å². The second kappa shape index (κ2) is 6.04. The molecule has 100 valence electrons. The standard InChI is InChI=1S/C14H18N4O/c1-2-7-16-14(15)17-8-9-18-12-6-4-3-5-11(12)10-13(18)19/h2-6H,1,7-10H2,(H3,15,16,17). The summed E-state index contributed by atoms with van der Waals surface area (Å²) in [6.45, 7) is 5.20. The fraction of sp³-hybridized carbons (Fsp3) is 0.286. The number of anilines is 1. The van der Waals surface area contributed by atoms with E-state index in [1.54, 1.807) is 11.0 Å². The smallest absolute Gasteiger partial charge is 0.231 e. The van der Waals surface area contributed by atoms with Crippen LogP contribution in [0.5, 0.6) is 0 Å². The lowest BCUT2D eigenvalue weighted by Gasteiger charge is -2.16. The van der Waals surface area contributed by atoms with E-state index in [0.717, 1.165) is 11.3 Å². The van der Waals surface area contributed by atoms with Crippen LogP contribution in [0.4, 0.5) is 5.69 Å². The summed E-state index contributed by atoms with van der Waals surface area (Å²) in [5.41, 5.74) is 7.73. The number of nitrogens with zero attached hydrogens (tertiary/aromatic N) is 2. The van der Waals surface area contributed by atoms with Crippen LogP contribution in [-0.4, -0.2) is 31.5 Å². The van der Waals surface area contributed by atoms with Crippen molar-refractivity contribution in [2.45, 2.75) is 6.42 Å². The fourth-order valence-electron chi connectivity index (χ4n) is 2.06. The Hall–Kier alpha value is -2.30. The third kappa shape index (κ3) is 3.13. The van der Waals surface area contributed by atoms with Gasteiger partial charge in [-0.2, -0.15) is 0 Å². The number of fused-ring (bicyclic) bond motifs is 1. The van der Waals surface area contributed by atoms with E-state index in [9.17, 15) is 4.79 Å². The lowest BCUT2D eigenvalue weighted by atomic mass is 10.2. The molecule has 1 aromatic carbocycles. The molecular formula is C14H18N4O. The molecule has 5 heteroatoms. The molecule has 1 heterocycles. The highest BCUT2D eigenvalue weighted by molar-refractivity contribution is 6.01. The molecule has 1 aliphatic heterocycles. The van der Waals surface area contributed by atoms with Gasteiger partial charge in [-0.05, 0) is 11.6 Å². The van der Waals surface area contributed by atoms with Gasteiger partial charge in [0.05, 0.1) is 13.0 Å². The quantitative estimate of drug-likeness (QED) is 0.463. The highest BCUT2D eigenvalue weighted by Gasteiger charge is 2.25. The Morgan fingerprint density at radius 3 is 3.11 bits per heavy atom. The molecule has 0 unspecified atom stereocenters. The Morgan fingerprint density at radius 1 is 1.53 bits per heavy atom. The minimum atomic E-state index is 0.119. The van der Waals surface area contributed by atoms with Crippen molar-refractivity contribution in [2.24, 2.45) is 10.7 Å². The van der Waals surface area contributed by atoms with Crippen molar-refractivity contribution >= 4 is 17.6 Å². The van der Waals surface area contributed by atoms with E-state index in [2.05, 4.69) is 16.9 Å². The van der Waals surface area contributed by atoms with Crippen LogP contribution in [0.2, 0.25) is 0 Å². The first-order chi connectivity index (χ1) is 9.22. The number of rotatable bonds is 5. The number of carbonyl (C=O) groups excluding carboxylic acids is 1. The van der Waals surface area contributed by atoms with Gasteiger partial charge in [0.15, 0.2) is 5.96 Å². The maximum absolute atomic E-state index is 11.9. The molecule has 1 amide bonds. The van der Waals surface area contributed by atoms with Crippen LogP contribution in [0, 0.1) is 0 Å². The monoisotopic (exact) mass is 258 g/mol. The molecule has 5 nitrogen and oxygen atoms in total. The molecule has 1 aliphatic rings. The molecule has 1 aromatic rings. The summed E-state index contributed by atoms with van der Waals surface area (Å²) in [4.78, 5) is 17.8. The van der Waals surface area contributed by atoms with Crippen LogP contribution in [0.1, 0.15) is 5.56 Å². The van der Waals surface area contributed by atoms with Crippen molar-refractivity contribution in [1.82, 2.24) is 5.32 Å². The Bertz CT molecular complexity index is 510. The molecule has 19 heavy (non-hydrogen) atoms. The van der Waals surface area contributed by atoms with Crippen molar-refractivity contribution in [2.75, 3.05) is 24.5 Å². The number of amides is 1. The number of hydrogen-bond acceptors (Lipinski definition) is 2. The Labute approximate surface area is 112 Å². The number of guanidine groups is 1. The number of nitrogens with two attached hydrogens (primary N) is 1. The summed E-state index contributed by atoms with van der Waals surface area (Å²) < 4.78 is 0. The van der Waals surface area contributed by atoms with Gasteiger partial charge in [0.25, 0.3) is 0 Å². The maximum atomic E-state index is 11.9. The molecule has 0 fully saturated rings. The summed E-state index contributed by atoms with van der Waals surface area (Å²) in [7, 11) is 0. The first-order valence-corrected chi connectivity index (χ1v) is 6.25. The van der Waals surface area contributed by atoms with Gasteiger partial charge in [-0.25, -0.2) is 0 Å². The van der Waals surface area contributed by atoms with Crippen LogP contribution >= 0.6 is 0 Å². The molecule has 0 saturated heterocycles. The molecule has 2 rings (SSSR count). The van der Waals surface area contributed by atoms with E-state index in [0.29, 0.717) is 32.0 Å². The predicted octanol–water partition coefficient (Wildman–Crippen LogP) is 0.666. The van der Waals surface area contributed by atoms with Crippen molar-refractivity contribution < 1.29 is 4.79 Å². The summed E-state index contributed by atoms with van der Waals surface area (Å²) >= 11 is 0. The number of carbonyl (C=O) groups is 1. The minimum Gasteiger partial charge on any atom is -0.370 e. The lowest BCUT2D eigenvalue weighted by molar-refractivity contribution is -0.117. The van der Waals surface area contributed by atoms with Crippen molar-refractivity contribution in [3.8, 4) is 0 Å². The average molecular weight is 258 g/mol. The number of aliphatic imine (C=N–C) groups is 1. The van der Waals surface area contributed by atoms with Crippen LogP contribution < -0.4 is 16.0 Å². The third-order valence-electron chi connectivity index (χ3n) is 2.96. The largest absolute Gasteiger partial charge is 0.370 e. The molecule has 0 aromatic heterocycles. The van der Waals surface area contributed by atoms with E-state index < -0.39 is 0 Å². The van der Waals surface area contributed by atoms with E-state index in [1.165, 1.54) is 0 Å². The number of benzene rings is 1. The van der Waals surface area contributed by atoms with Crippen LogP contribution in [0.25, 0.3) is 0 Å². The van der Waals surface area contributed by atoms with Gasteiger partial charge >= 0.3 is 0 Å². The molecule has 0 spiro atoms. The van der Waals surface area contributed by atoms with Gasteiger partial charge < -0.3 is 16.0 Å². The Kier molecular flexibility index (Phi) is 4.18. The average Bonchev–Trinajstić information content (AvgIpc) is 2.73. The van der Waals surface area contributed by atoms with Gasteiger partial charge in [-0.3, -0.25) is 9.79 Å². The Morgan fingerprint density at radius 2 is 2.32 bits per heavy atom. The first-order valence-electron chi connectivity index (χ1n) is 6.25. The van der Waals surface area contributed by atoms with Gasteiger partial charge in [-0.15, -0.1) is 6.58 Å². The van der Waals surface area contributed by atoms with E-state index >= 15 is 0 Å². The van der Waals surface area contributed by atoms with Crippen molar-refractivity contribution in [1.29, 1.82) is 0 Å². The number of nitrogens with one attached hydrogen (secondary N) is 1. The summed E-state index contributed by atoms with van der Waals surface area (Å²) in [6, 6.07) is 7.83. The molecule has 0 bridgehead atoms. The van der Waals surface area contributed by atoms with E-state index in [1.807, 2.05) is 24.3 Å². The third-order valence-corrected chi connectivity index (χ3v) is 2.96.